The topological polar surface area (TPSA) is 33.5 Å². The van der Waals surface area contributed by atoms with Crippen molar-refractivity contribution in [2.75, 3.05) is 16.8 Å². The van der Waals surface area contributed by atoms with E-state index in [0.29, 0.717) is 11.5 Å². The van der Waals surface area contributed by atoms with Crippen LogP contribution >= 0.6 is 0 Å². The fourth-order valence-electron chi connectivity index (χ4n) is 6.70. The van der Waals surface area contributed by atoms with Crippen LogP contribution in [0.15, 0.2) is 85.1 Å². The van der Waals surface area contributed by atoms with Crippen molar-refractivity contribution < 1.29 is 25.8 Å². The second kappa shape index (κ2) is 10.1. The molecule has 8 rings (SSSR count). The van der Waals surface area contributed by atoms with Crippen molar-refractivity contribution in [3.05, 3.63) is 109 Å². The fourth-order valence-corrected chi connectivity index (χ4v) is 9.61. The Balaban J connectivity index is 0.00000312. The van der Waals surface area contributed by atoms with Crippen LogP contribution in [0.25, 0.3) is 27.6 Å². The maximum absolute atomic E-state index is 6.53. The maximum Gasteiger partial charge on any atom is 0.135 e. The third kappa shape index (κ3) is 4.26. The monoisotopic (exact) mass is 772 g/mol. The minimum Gasteiger partial charge on any atom is -0.509 e. The van der Waals surface area contributed by atoms with Crippen molar-refractivity contribution in [3.8, 4) is 17.3 Å². The van der Waals surface area contributed by atoms with Crippen molar-refractivity contribution in [1.29, 1.82) is 0 Å². The molecule has 6 aromatic rings. The van der Waals surface area contributed by atoms with Gasteiger partial charge in [-0.15, -0.1) is 34.8 Å². The van der Waals surface area contributed by atoms with Crippen molar-refractivity contribution in [1.82, 2.24) is 9.55 Å². The fraction of sp³-hybridized carbons (Fsp3) is 0.189. The van der Waals surface area contributed by atoms with Gasteiger partial charge in [0.05, 0.1) is 8.07 Å². The van der Waals surface area contributed by atoms with E-state index in [4.69, 9.17) is 9.72 Å². The van der Waals surface area contributed by atoms with Gasteiger partial charge < -0.3 is 19.1 Å². The molecule has 0 amide bonds. The largest absolute Gasteiger partial charge is 0.509 e. The zero-order chi connectivity index (χ0) is 29.7. The van der Waals surface area contributed by atoms with Gasteiger partial charge in [-0.1, -0.05) is 75.4 Å². The summed E-state index contributed by atoms with van der Waals surface area (Å²) in [4.78, 5) is 9.28. The van der Waals surface area contributed by atoms with Gasteiger partial charge in [0.25, 0.3) is 0 Å². The number of fused-ring (bicyclic) bond motifs is 5. The number of hydrogen-bond donors (Lipinski definition) is 0. The van der Waals surface area contributed by atoms with Crippen LogP contribution in [0.1, 0.15) is 26.3 Å². The van der Waals surface area contributed by atoms with Crippen molar-refractivity contribution in [2.24, 2.45) is 0 Å². The van der Waals surface area contributed by atoms with E-state index >= 15 is 0 Å². The Bertz CT molecular complexity index is 2090. The molecule has 0 atom stereocenters. The van der Waals surface area contributed by atoms with Crippen LogP contribution in [-0.4, -0.2) is 24.7 Å². The van der Waals surface area contributed by atoms with Crippen molar-refractivity contribution >= 4 is 57.3 Å². The van der Waals surface area contributed by atoms with Gasteiger partial charge in [-0.3, -0.25) is 0 Å². The molecular formula is C37H33N4OPtSi-3. The molecule has 0 fully saturated rings. The zero-order valence-corrected chi connectivity index (χ0v) is 28.9. The number of benzene rings is 4. The summed E-state index contributed by atoms with van der Waals surface area (Å²) in [5, 5.41) is 5.10. The molecule has 5 nitrogen and oxygen atoms in total. The van der Waals surface area contributed by atoms with Crippen LogP contribution in [0.2, 0.25) is 13.1 Å². The van der Waals surface area contributed by atoms with Crippen molar-refractivity contribution in [3.63, 3.8) is 0 Å². The minimum atomic E-state index is -1.92. The van der Waals surface area contributed by atoms with Crippen LogP contribution in [0, 0.1) is 18.8 Å². The molecule has 2 aliphatic heterocycles. The molecule has 0 saturated carbocycles. The van der Waals surface area contributed by atoms with E-state index in [1.165, 1.54) is 32.7 Å². The number of pyridine rings is 1. The average molecular weight is 773 g/mol. The van der Waals surface area contributed by atoms with Crippen LogP contribution < -0.4 is 24.9 Å². The maximum atomic E-state index is 6.53. The number of para-hydroxylation sites is 2. The summed E-state index contributed by atoms with van der Waals surface area (Å²) < 4.78 is 8.73. The Hall–Kier alpha value is -3.86. The summed E-state index contributed by atoms with van der Waals surface area (Å²) in [6.45, 7) is 13.7. The Morgan fingerprint density at radius 2 is 1.61 bits per heavy atom. The zero-order valence-electron chi connectivity index (χ0n) is 25.7. The van der Waals surface area contributed by atoms with Crippen LogP contribution in [-0.2, 0) is 26.5 Å². The van der Waals surface area contributed by atoms with E-state index in [1.54, 1.807) is 0 Å². The summed E-state index contributed by atoms with van der Waals surface area (Å²) in [7, 11) is 0.188. The van der Waals surface area contributed by atoms with Gasteiger partial charge in [0, 0.05) is 55.7 Å². The minimum absolute atomic E-state index is 0. The molecule has 44 heavy (non-hydrogen) atoms. The third-order valence-electron chi connectivity index (χ3n) is 9.03. The predicted molar refractivity (Wildman–Crippen MR) is 179 cm³/mol. The van der Waals surface area contributed by atoms with Gasteiger partial charge in [-0.05, 0) is 52.9 Å². The Morgan fingerprint density at radius 1 is 0.841 bits per heavy atom. The van der Waals surface area contributed by atoms with E-state index in [1.807, 2.05) is 12.3 Å². The van der Waals surface area contributed by atoms with Crippen LogP contribution in [0.4, 0.5) is 17.1 Å². The second-order valence-electron chi connectivity index (χ2n) is 13.2. The Labute approximate surface area is 274 Å². The third-order valence-corrected chi connectivity index (χ3v) is 12.5. The van der Waals surface area contributed by atoms with Crippen LogP contribution in [0.3, 0.4) is 0 Å². The first-order chi connectivity index (χ1) is 20.6. The van der Waals surface area contributed by atoms with Gasteiger partial charge in [0.2, 0.25) is 0 Å². The molecular weight excluding hydrogens is 740 g/mol. The molecule has 0 spiro atoms. The first-order valence-corrected chi connectivity index (χ1v) is 17.8. The average Bonchev–Trinajstić information content (AvgIpc) is 3.50. The molecule has 7 heteroatoms. The van der Waals surface area contributed by atoms with Crippen LogP contribution in [0.5, 0.6) is 11.5 Å². The summed E-state index contributed by atoms with van der Waals surface area (Å²) in [6.07, 6.45) is 1.90. The van der Waals surface area contributed by atoms with Gasteiger partial charge in [-0.2, -0.15) is 18.8 Å². The number of anilines is 3. The standard InChI is InChI=1S/C37H33N4OSi.Pt/c1-37(2,3)24-18-19-38-35(20-24)41-29-11-8-7-10-27(29)28-16-14-25(21-31(28)41)42-26-15-17-33-32(22-26)40-23-39(4)30-12-9-13-34(36(30)40)43(33,5)6;/h7-20,23H,1-6H3;/q-3;. The van der Waals surface area contributed by atoms with E-state index in [0.717, 1.165) is 27.9 Å². The molecule has 0 unspecified atom stereocenters. The van der Waals surface area contributed by atoms with E-state index < -0.39 is 8.07 Å². The first-order valence-electron chi connectivity index (χ1n) is 14.8. The predicted octanol–water partition coefficient (Wildman–Crippen LogP) is 7.71. The summed E-state index contributed by atoms with van der Waals surface area (Å²) in [5.74, 6) is 2.21. The molecule has 0 radical (unpaired) electrons. The molecule has 0 bridgehead atoms. The number of hydrogen-bond acceptors (Lipinski definition) is 4. The molecule has 0 N–H and O–H groups in total. The number of rotatable bonds is 3. The van der Waals surface area contributed by atoms with Crippen molar-refractivity contribution in [2.45, 2.75) is 39.3 Å². The molecule has 4 heterocycles. The summed E-state index contributed by atoms with van der Waals surface area (Å²) in [6, 6.07) is 35.1. The number of aromatic nitrogens is 2. The molecule has 4 aromatic carbocycles. The van der Waals surface area contributed by atoms with E-state index in [9.17, 15) is 0 Å². The second-order valence-corrected chi connectivity index (χ2v) is 17.5. The van der Waals surface area contributed by atoms with Gasteiger partial charge in [-0.25, -0.2) is 4.98 Å². The molecule has 224 valence electrons. The van der Waals surface area contributed by atoms with Gasteiger partial charge in [0.1, 0.15) is 5.82 Å². The van der Waals surface area contributed by atoms with E-state index in [2.05, 4.69) is 147 Å². The molecule has 2 aromatic heterocycles. The summed E-state index contributed by atoms with van der Waals surface area (Å²) >= 11 is 0. The number of nitrogens with zero attached hydrogens (tertiary/aromatic N) is 4. The Morgan fingerprint density at radius 3 is 2.43 bits per heavy atom. The van der Waals surface area contributed by atoms with Gasteiger partial charge >= 0.3 is 0 Å². The van der Waals surface area contributed by atoms with Gasteiger partial charge in [0.15, 0.2) is 0 Å². The molecule has 0 aliphatic carbocycles. The summed E-state index contributed by atoms with van der Waals surface area (Å²) in [5.41, 5.74) is 6.88. The Kier molecular flexibility index (Phi) is 6.62. The normalized spacial score (nSPS) is 14.9. The SMILES string of the molecule is CN1[CH-]N2c3[c-]c(Oc4[c-]c5c(cc4)c4ccccc4n5-c4cc(C(C)(C)C)ccn4)ccc3[Si](C)(C)c3cccc1c32.[Pt]. The van der Waals surface area contributed by atoms with E-state index in [-0.39, 0.29) is 26.5 Å². The quantitative estimate of drug-likeness (QED) is 0.137. The number of ether oxygens (including phenoxy) is 1. The molecule has 2 aliphatic rings. The molecule has 0 saturated heterocycles. The smallest absolute Gasteiger partial charge is 0.135 e. The first kappa shape index (κ1) is 28.9.